The highest BCUT2D eigenvalue weighted by molar-refractivity contribution is 7.89. The van der Waals surface area contributed by atoms with E-state index in [-0.39, 0.29) is 10.9 Å². The molecule has 0 fully saturated rings. The van der Waals surface area contributed by atoms with Crippen LogP contribution >= 0.6 is 0 Å². The number of rotatable bonds is 8. The van der Waals surface area contributed by atoms with Crippen molar-refractivity contribution in [3.05, 3.63) is 30.1 Å². The Morgan fingerprint density at radius 3 is 2.24 bits per heavy atom. The van der Waals surface area contributed by atoms with Crippen LogP contribution in [0.15, 0.2) is 29.2 Å². The average Bonchev–Trinajstić information content (AvgIpc) is 2.50. The summed E-state index contributed by atoms with van der Waals surface area (Å²) in [7, 11) is -4.20. The number of aliphatic hydroxyl groups excluding tert-OH is 1. The largest absolute Gasteiger partial charge is 0.454 e. The summed E-state index contributed by atoms with van der Waals surface area (Å²) in [5, 5.41) is 12.2. The number of halogens is 1. The van der Waals surface area contributed by atoms with Gasteiger partial charge in [-0.05, 0) is 45.0 Å². The Labute approximate surface area is 145 Å². The van der Waals surface area contributed by atoms with Crippen molar-refractivity contribution in [3.8, 4) is 0 Å². The van der Waals surface area contributed by atoms with Crippen molar-refractivity contribution in [2.75, 3.05) is 6.61 Å². The first kappa shape index (κ1) is 21.0. The predicted octanol–water partition coefficient (Wildman–Crippen LogP) is -0.0788. The Hall–Kier alpha value is -2.04. The quantitative estimate of drug-likeness (QED) is 0.546. The minimum absolute atomic E-state index is 0.157. The second-order valence-corrected chi connectivity index (χ2v) is 7.34. The molecule has 0 bridgehead atoms. The van der Waals surface area contributed by atoms with Crippen LogP contribution in [0.5, 0.6) is 0 Å². The van der Waals surface area contributed by atoms with E-state index >= 15 is 0 Å². The molecule has 0 aliphatic carbocycles. The van der Waals surface area contributed by atoms with Crippen molar-refractivity contribution >= 4 is 21.9 Å². The lowest BCUT2D eigenvalue weighted by Gasteiger charge is -2.20. The highest BCUT2D eigenvalue weighted by Crippen LogP contribution is 2.11. The zero-order valence-corrected chi connectivity index (χ0v) is 14.8. The Morgan fingerprint density at radius 2 is 1.76 bits per heavy atom. The number of hydrogen-bond donors (Lipinski definition) is 3. The van der Waals surface area contributed by atoms with Gasteiger partial charge in [-0.3, -0.25) is 9.59 Å². The molecule has 1 aromatic carbocycles. The van der Waals surface area contributed by atoms with Crippen LogP contribution in [-0.4, -0.2) is 50.2 Å². The van der Waals surface area contributed by atoms with Crippen LogP contribution in [0, 0.1) is 5.82 Å². The van der Waals surface area contributed by atoms with Crippen molar-refractivity contribution in [1.29, 1.82) is 0 Å². The summed E-state index contributed by atoms with van der Waals surface area (Å²) in [6.45, 7) is 4.01. The molecule has 0 aliphatic heterocycles. The molecule has 0 saturated heterocycles. The molecule has 1 rings (SSSR count). The van der Waals surface area contributed by atoms with Crippen molar-refractivity contribution in [2.24, 2.45) is 0 Å². The Morgan fingerprint density at radius 1 is 1.20 bits per heavy atom. The van der Waals surface area contributed by atoms with Crippen LogP contribution in [0.3, 0.4) is 0 Å². The number of amides is 1. The minimum Gasteiger partial charge on any atom is -0.454 e. The smallest absolute Gasteiger partial charge is 0.327 e. The van der Waals surface area contributed by atoms with Gasteiger partial charge in [-0.25, -0.2) is 12.8 Å². The molecule has 2 atom stereocenters. The molecule has 25 heavy (non-hydrogen) atoms. The Kier molecular flexibility index (Phi) is 7.46. The molecule has 0 saturated carbocycles. The van der Waals surface area contributed by atoms with Crippen LogP contribution in [0.2, 0.25) is 0 Å². The third kappa shape index (κ3) is 6.77. The summed E-state index contributed by atoms with van der Waals surface area (Å²) in [6, 6.07) is 2.13. The topological polar surface area (TPSA) is 122 Å². The first-order valence-corrected chi connectivity index (χ1v) is 8.93. The molecular formula is C15H21FN2O6S. The van der Waals surface area contributed by atoms with Gasteiger partial charge in [-0.15, -0.1) is 0 Å². The summed E-state index contributed by atoms with van der Waals surface area (Å²) in [5.74, 6) is -2.30. The molecule has 1 amide bonds. The highest BCUT2D eigenvalue weighted by atomic mass is 32.2. The lowest BCUT2D eigenvalue weighted by molar-refractivity contribution is -0.152. The van der Waals surface area contributed by atoms with Gasteiger partial charge in [0.05, 0.1) is 11.0 Å². The van der Waals surface area contributed by atoms with Gasteiger partial charge in [0.25, 0.3) is 5.91 Å². The van der Waals surface area contributed by atoms with Crippen molar-refractivity contribution < 1.29 is 32.2 Å². The standard InChI is InChI=1S/C15H21FN2O6S/c1-9(2)17-13(20)8-24-15(21)14(10(3)19)18-25(22,23)12-6-4-11(16)5-7-12/h4-7,9-10,14,18-19H,8H2,1-3H3,(H,17,20)/t10-,14+/m0/s1. The van der Waals surface area contributed by atoms with Gasteiger partial charge in [-0.1, -0.05) is 0 Å². The predicted molar refractivity (Wildman–Crippen MR) is 86.4 cm³/mol. The molecule has 0 heterocycles. The van der Waals surface area contributed by atoms with E-state index in [4.69, 9.17) is 4.74 Å². The maximum absolute atomic E-state index is 12.9. The molecule has 0 aliphatic rings. The number of hydrogen-bond acceptors (Lipinski definition) is 6. The van der Waals surface area contributed by atoms with E-state index in [0.29, 0.717) is 0 Å². The Balaban J connectivity index is 2.80. The highest BCUT2D eigenvalue weighted by Gasteiger charge is 2.31. The van der Waals surface area contributed by atoms with Gasteiger partial charge in [0.15, 0.2) is 6.61 Å². The summed E-state index contributed by atoms with van der Waals surface area (Å²) >= 11 is 0. The van der Waals surface area contributed by atoms with Crippen molar-refractivity contribution in [1.82, 2.24) is 10.0 Å². The fourth-order valence-electron chi connectivity index (χ4n) is 1.78. The zero-order chi connectivity index (χ0) is 19.2. The van der Waals surface area contributed by atoms with Gasteiger partial charge in [0.1, 0.15) is 11.9 Å². The molecule has 0 spiro atoms. The number of aliphatic hydroxyl groups is 1. The number of sulfonamides is 1. The van der Waals surface area contributed by atoms with Gasteiger partial charge < -0.3 is 15.2 Å². The van der Waals surface area contributed by atoms with E-state index in [1.54, 1.807) is 13.8 Å². The summed E-state index contributed by atoms with van der Waals surface area (Å²) in [5.41, 5.74) is 0. The maximum atomic E-state index is 12.9. The van der Waals surface area contributed by atoms with Crippen LogP contribution in [0.1, 0.15) is 20.8 Å². The Bertz CT molecular complexity index is 703. The summed E-state index contributed by atoms with van der Waals surface area (Å²) in [4.78, 5) is 23.2. The van der Waals surface area contributed by atoms with Crippen molar-refractivity contribution in [2.45, 2.75) is 43.9 Å². The van der Waals surface area contributed by atoms with Crippen molar-refractivity contribution in [3.63, 3.8) is 0 Å². The average molecular weight is 376 g/mol. The van der Waals surface area contributed by atoms with E-state index in [0.717, 1.165) is 24.3 Å². The number of nitrogens with one attached hydrogen (secondary N) is 2. The van der Waals surface area contributed by atoms with Gasteiger partial charge in [-0.2, -0.15) is 4.72 Å². The lowest BCUT2D eigenvalue weighted by Crippen LogP contribution is -2.49. The third-order valence-electron chi connectivity index (χ3n) is 2.94. The summed E-state index contributed by atoms with van der Waals surface area (Å²) < 4.78 is 44.0. The first-order valence-electron chi connectivity index (χ1n) is 7.45. The number of carbonyl (C=O) groups excluding carboxylic acids is 2. The van der Waals surface area contributed by atoms with Crippen LogP contribution in [0.4, 0.5) is 4.39 Å². The summed E-state index contributed by atoms with van der Waals surface area (Å²) in [6.07, 6.45) is -1.42. The SMILES string of the molecule is CC(C)NC(=O)COC(=O)[C@H](NS(=O)(=O)c1ccc(F)cc1)[C@H](C)O. The number of esters is 1. The fraction of sp³-hybridized carbons (Fsp3) is 0.467. The minimum atomic E-state index is -4.20. The molecular weight excluding hydrogens is 355 g/mol. The maximum Gasteiger partial charge on any atom is 0.327 e. The number of carbonyl (C=O) groups is 2. The van der Waals surface area contributed by atoms with Gasteiger partial charge >= 0.3 is 5.97 Å². The number of benzene rings is 1. The second kappa shape index (κ2) is 8.88. The molecule has 3 N–H and O–H groups in total. The van der Waals surface area contributed by atoms with Crippen LogP contribution in [0.25, 0.3) is 0 Å². The zero-order valence-electron chi connectivity index (χ0n) is 14.0. The molecule has 0 unspecified atom stereocenters. The molecule has 8 nitrogen and oxygen atoms in total. The number of ether oxygens (including phenoxy) is 1. The molecule has 10 heteroatoms. The van der Waals surface area contributed by atoms with E-state index < -0.39 is 46.5 Å². The third-order valence-corrected chi connectivity index (χ3v) is 4.39. The normalized spacial score (nSPS) is 14.0. The van der Waals surface area contributed by atoms with Crippen LogP contribution in [-0.2, 0) is 24.3 Å². The second-order valence-electron chi connectivity index (χ2n) is 5.62. The van der Waals surface area contributed by atoms with E-state index in [2.05, 4.69) is 5.32 Å². The first-order chi connectivity index (χ1) is 11.5. The van der Waals surface area contributed by atoms with Gasteiger partial charge in [0, 0.05) is 6.04 Å². The molecule has 0 radical (unpaired) electrons. The van der Waals surface area contributed by atoms with Gasteiger partial charge in [0.2, 0.25) is 10.0 Å². The van der Waals surface area contributed by atoms with E-state index in [1.807, 2.05) is 4.72 Å². The molecule has 1 aromatic rings. The fourth-order valence-corrected chi connectivity index (χ4v) is 3.04. The van der Waals surface area contributed by atoms with E-state index in [1.165, 1.54) is 6.92 Å². The molecule has 0 aromatic heterocycles. The molecule has 140 valence electrons. The monoisotopic (exact) mass is 376 g/mol. The van der Waals surface area contributed by atoms with E-state index in [9.17, 15) is 27.5 Å². The lowest BCUT2D eigenvalue weighted by atomic mass is 10.2. The van der Waals surface area contributed by atoms with Crippen LogP contribution < -0.4 is 10.0 Å².